The average molecular weight is 416 g/mol. The van der Waals surface area contributed by atoms with Crippen molar-refractivity contribution in [3.05, 3.63) is 31.8 Å². The van der Waals surface area contributed by atoms with E-state index < -0.39 is 0 Å². The molecule has 5 heteroatoms. The van der Waals surface area contributed by atoms with Gasteiger partial charge in [-0.05, 0) is 54.1 Å². The van der Waals surface area contributed by atoms with Crippen molar-refractivity contribution in [3.63, 3.8) is 0 Å². The number of hydrogen-bond donors (Lipinski definition) is 1. The lowest BCUT2D eigenvalue weighted by Crippen LogP contribution is -2.26. The number of carbonyl (C=O) groups is 1. The van der Waals surface area contributed by atoms with E-state index in [-0.39, 0.29) is 11.3 Å². The molecule has 0 saturated heterocycles. The minimum Gasteiger partial charge on any atom is -0.352 e. The molecule has 0 aromatic heterocycles. The summed E-state index contributed by atoms with van der Waals surface area (Å²) in [5.74, 6) is -0.0528. The molecule has 0 spiro atoms. The summed E-state index contributed by atoms with van der Waals surface area (Å²) in [6.07, 6.45) is 0.776. The van der Waals surface area contributed by atoms with Gasteiger partial charge in [0, 0.05) is 20.0 Å². The maximum atomic E-state index is 11.8. The van der Waals surface area contributed by atoms with Crippen LogP contribution in [0.15, 0.2) is 22.7 Å². The molecule has 0 aliphatic rings. The van der Waals surface area contributed by atoms with E-state index in [0.29, 0.717) is 12.1 Å². The predicted molar refractivity (Wildman–Crippen MR) is 79.1 cm³/mol. The lowest BCUT2D eigenvalue weighted by molar-refractivity contribution is 0.0952. The van der Waals surface area contributed by atoms with Crippen molar-refractivity contribution in [3.8, 4) is 0 Å². The highest BCUT2D eigenvalue weighted by molar-refractivity contribution is 14.1. The van der Waals surface area contributed by atoms with E-state index in [4.69, 9.17) is 11.6 Å². The maximum absolute atomic E-state index is 11.8. The lowest BCUT2D eigenvalue weighted by atomic mass is 10.2. The second kappa shape index (κ2) is 6.81. The molecule has 0 heterocycles. The second-order valence-electron chi connectivity index (χ2n) is 3.45. The molecule has 0 saturated carbocycles. The number of rotatable bonds is 4. The van der Waals surface area contributed by atoms with Crippen LogP contribution in [0.4, 0.5) is 0 Å². The van der Waals surface area contributed by atoms with Crippen LogP contribution in [-0.4, -0.2) is 17.8 Å². The smallest absolute Gasteiger partial charge is 0.252 e. The fraction of sp³-hybridized carbons (Fsp3) is 0.364. The molecular weight excluding hydrogens is 404 g/mol. The molecule has 1 amide bonds. The minimum atomic E-state index is -0.0528. The van der Waals surface area contributed by atoms with Crippen molar-refractivity contribution in [2.75, 3.05) is 6.54 Å². The van der Waals surface area contributed by atoms with Gasteiger partial charge in [-0.15, -0.1) is 11.6 Å². The van der Waals surface area contributed by atoms with E-state index in [0.717, 1.165) is 14.5 Å². The minimum absolute atomic E-state index is 0.0528. The van der Waals surface area contributed by atoms with Crippen molar-refractivity contribution in [2.24, 2.45) is 0 Å². The zero-order valence-electron chi connectivity index (χ0n) is 8.77. The third-order valence-corrected chi connectivity index (χ3v) is 3.65. The van der Waals surface area contributed by atoms with E-state index in [1.807, 2.05) is 25.1 Å². The third kappa shape index (κ3) is 4.59. The van der Waals surface area contributed by atoms with Crippen molar-refractivity contribution in [1.82, 2.24) is 5.32 Å². The molecule has 16 heavy (non-hydrogen) atoms. The van der Waals surface area contributed by atoms with Gasteiger partial charge < -0.3 is 5.32 Å². The van der Waals surface area contributed by atoms with Crippen molar-refractivity contribution in [1.29, 1.82) is 0 Å². The van der Waals surface area contributed by atoms with Gasteiger partial charge in [-0.2, -0.15) is 0 Å². The summed E-state index contributed by atoms with van der Waals surface area (Å²) in [4.78, 5) is 11.8. The molecule has 0 aliphatic heterocycles. The number of nitrogens with one attached hydrogen (secondary N) is 1. The molecule has 0 bridgehead atoms. The van der Waals surface area contributed by atoms with E-state index in [1.54, 1.807) is 0 Å². The SMILES string of the molecule is CC(Cl)CCNC(=O)c1cc(Br)ccc1I. The van der Waals surface area contributed by atoms with Gasteiger partial charge in [-0.1, -0.05) is 15.9 Å². The number of amides is 1. The second-order valence-corrected chi connectivity index (χ2v) is 6.27. The van der Waals surface area contributed by atoms with Crippen LogP contribution >= 0.6 is 50.1 Å². The predicted octanol–water partition coefficient (Wildman–Crippen LogP) is 3.80. The Bertz CT molecular complexity index is 384. The fourth-order valence-corrected chi connectivity index (χ4v) is 2.20. The Kier molecular flexibility index (Phi) is 6.07. The van der Waals surface area contributed by atoms with E-state index >= 15 is 0 Å². The molecule has 0 aliphatic carbocycles. The Morgan fingerprint density at radius 1 is 1.62 bits per heavy atom. The molecule has 0 fully saturated rings. The topological polar surface area (TPSA) is 29.1 Å². The monoisotopic (exact) mass is 415 g/mol. The molecule has 88 valence electrons. The Balaban J connectivity index is 2.62. The molecule has 1 atom stereocenters. The van der Waals surface area contributed by atoms with Gasteiger partial charge in [0.15, 0.2) is 0 Å². The first-order valence-electron chi connectivity index (χ1n) is 4.88. The molecule has 0 radical (unpaired) electrons. The molecule has 2 nitrogen and oxygen atoms in total. The summed E-state index contributed by atoms with van der Waals surface area (Å²) in [5.41, 5.74) is 0.692. The first kappa shape index (κ1) is 14.3. The van der Waals surface area contributed by atoms with E-state index in [2.05, 4.69) is 43.8 Å². The maximum Gasteiger partial charge on any atom is 0.252 e. The van der Waals surface area contributed by atoms with Crippen molar-refractivity contribution >= 4 is 56.0 Å². The van der Waals surface area contributed by atoms with Gasteiger partial charge in [0.25, 0.3) is 5.91 Å². The van der Waals surface area contributed by atoms with Crippen LogP contribution in [-0.2, 0) is 0 Å². The quantitative estimate of drug-likeness (QED) is 0.587. The Morgan fingerprint density at radius 2 is 2.31 bits per heavy atom. The van der Waals surface area contributed by atoms with Crippen LogP contribution in [0.3, 0.4) is 0 Å². The first-order valence-corrected chi connectivity index (χ1v) is 7.19. The summed E-state index contributed by atoms with van der Waals surface area (Å²) < 4.78 is 1.85. The zero-order chi connectivity index (χ0) is 12.1. The first-order chi connectivity index (χ1) is 7.50. The summed E-state index contributed by atoms with van der Waals surface area (Å²) in [5, 5.41) is 2.93. The Morgan fingerprint density at radius 3 is 2.94 bits per heavy atom. The van der Waals surface area contributed by atoms with Crippen LogP contribution in [0.1, 0.15) is 23.7 Å². The van der Waals surface area contributed by atoms with Gasteiger partial charge in [-0.25, -0.2) is 0 Å². The standard InChI is InChI=1S/C11H12BrClINO/c1-7(13)4-5-15-11(16)9-6-8(12)2-3-10(9)14/h2-3,6-7H,4-5H2,1H3,(H,15,16). The Hall–Kier alpha value is 0.190. The normalized spacial score (nSPS) is 12.2. The number of halogens is 3. The third-order valence-electron chi connectivity index (χ3n) is 2.00. The summed E-state index contributed by atoms with van der Waals surface area (Å²) in [6, 6.07) is 5.64. The number of hydrogen-bond acceptors (Lipinski definition) is 1. The molecule has 1 aromatic rings. The van der Waals surface area contributed by atoms with E-state index in [1.165, 1.54) is 0 Å². The summed E-state index contributed by atoms with van der Waals surface area (Å²) in [6.45, 7) is 2.52. The van der Waals surface area contributed by atoms with Crippen LogP contribution in [0.25, 0.3) is 0 Å². The fourth-order valence-electron chi connectivity index (χ4n) is 1.15. The van der Waals surface area contributed by atoms with Gasteiger partial charge in [0.1, 0.15) is 0 Å². The van der Waals surface area contributed by atoms with Crippen LogP contribution in [0.5, 0.6) is 0 Å². The highest BCUT2D eigenvalue weighted by atomic mass is 127. The zero-order valence-corrected chi connectivity index (χ0v) is 13.3. The van der Waals surface area contributed by atoms with Crippen LogP contribution in [0, 0.1) is 3.57 Å². The molecule has 1 N–H and O–H groups in total. The molecule has 1 aromatic carbocycles. The van der Waals surface area contributed by atoms with Crippen molar-refractivity contribution in [2.45, 2.75) is 18.7 Å². The summed E-state index contributed by atoms with van der Waals surface area (Å²) in [7, 11) is 0. The van der Waals surface area contributed by atoms with E-state index in [9.17, 15) is 4.79 Å². The molecular formula is C11H12BrClINO. The summed E-state index contributed by atoms with van der Waals surface area (Å²) >= 11 is 11.3. The largest absolute Gasteiger partial charge is 0.352 e. The van der Waals surface area contributed by atoms with Gasteiger partial charge in [-0.3, -0.25) is 4.79 Å². The van der Waals surface area contributed by atoms with Crippen LogP contribution in [0.2, 0.25) is 0 Å². The van der Waals surface area contributed by atoms with Gasteiger partial charge >= 0.3 is 0 Å². The van der Waals surface area contributed by atoms with Crippen LogP contribution < -0.4 is 5.32 Å². The number of carbonyl (C=O) groups excluding carboxylic acids is 1. The van der Waals surface area contributed by atoms with Gasteiger partial charge in [0.05, 0.1) is 5.56 Å². The Labute approximate surface area is 122 Å². The van der Waals surface area contributed by atoms with Crippen molar-refractivity contribution < 1.29 is 4.79 Å². The molecule has 1 rings (SSSR count). The lowest BCUT2D eigenvalue weighted by Gasteiger charge is -2.08. The van der Waals surface area contributed by atoms with Gasteiger partial charge in [0.2, 0.25) is 0 Å². The highest BCUT2D eigenvalue weighted by Crippen LogP contribution is 2.18. The molecule has 1 unspecified atom stereocenters. The number of alkyl halides is 1. The average Bonchev–Trinajstić information content (AvgIpc) is 2.21. The number of benzene rings is 1. The highest BCUT2D eigenvalue weighted by Gasteiger charge is 2.10.